The van der Waals surface area contributed by atoms with Crippen LogP contribution in [0.1, 0.15) is 33.6 Å². The van der Waals surface area contributed by atoms with Crippen molar-refractivity contribution in [2.45, 2.75) is 38.5 Å². The van der Waals surface area contributed by atoms with E-state index in [2.05, 4.69) is 22.9 Å². The molecule has 0 aromatic heterocycles. The predicted octanol–water partition coefficient (Wildman–Crippen LogP) is 4.26. The average Bonchev–Trinajstić information content (AvgIpc) is 2.75. The van der Waals surface area contributed by atoms with Gasteiger partial charge in [-0.05, 0) is 36.8 Å². The van der Waals surface area contributed by atoms with Crippen molar-refractivity contribution < 1.29 is 22.0 Å². The van der Waals surface area contributed by atoms with Crippen LogP contribution in [-0.2, 0) is 14.8 Å². The number of anilines is 3. The number of carbonyl (C=O) groups is 1. The molecule has 0 saturated heterocycles. The van der Waals surface area contributed by atoms with Gasteiger partial charge in [0, 0.05) is 25.7 Å². The Morgan fingerprint density at radius 1 is 0.938 bits per heavy atom. The Hall–Kier alpha value is -2.72. The van der Waals surface area contributed by atoms with Crippen LogP contribution in [0.3, 0.4) is 0 Å². The summed E-state index contributed by atoms with van der Waals surface area (Å²) in [5.74, 6) is -2.19. The maximum atomic E-state index is 13.8. The lowest BCUT2D eigenvalue weighted by molar-refractivity contribution is -0.114. The standard InChI is InChI=1S/C22H30F2N4O3S/c1-4-7-12-25-20-11-9-17(32(30,31)28(5-2)6-3)14-21(20)26-15-22(29)27-19-10-8-16(23)13-18(19)24/h8-11,13-14,25-26H,4-7,12,15H2,1-3H3,(H,27,29). The highest BCUT2D eigenvalue weighted by Crippen LogP contribution is 2.27. The van der Waals surface area contributed by atoms with Gasteiger partial charge in [0.05, 0.1) is 28.5 Å². The highest BCUT2D eigenvalue weighted by molar-refractivity contribution is 7.89. The normalized spacial score (nSPS) is 11.4. The van der Waals surface area contributed by atoms with E-state index in [1.807, 2.05) is 0 Å². The van der Waals surface area contributed by atoms with E-state index < -0.39 is 27.6 Å². The molecule has 176 valence electrons. The van der Waals surface area contributed by atoms with Crippen molar-refractivity contribution in [3.05, 3.63) is 48.0 Å². The van der Waals surface area contributed by atoms with Gasteiger partial charge in [0.1, 0.15) is 11.6 Å². The van der Waals surface area contributed by atoms with E-state index in [1.54, 1.807) is 19.9 Å². The van der Waals surface area contributed by atoms with Crippen molar-refractivity contribution in [1.82, 2.24) is 4.31 Å². The van der Waals surface area contributed by atoms with E-state index in [1.165, 1.54) is 16.4 Å². The van der Waals surface area contributed by atoms with Gasteiger partial charge in [-0.1, -0.05) is 27.2 Å². The smallest absolute Gasteiger partial charge is 0.243 e. The zero-order valence-corrected chi connectivity index (χ0v) is 19.4. The lowest BCUT2D eigenvalue weighted by Gasteiger charge is -2.20. The molecule has 2 aromatic carbocycles. The Labute approximate surface area is 188 Å². The summed E-state index contributed by atoms with van der Waals surface area (Å²) in [5.41, 5.74) is 0.944. The third kappa shape index (κ3) is 6.64. The van der Waals surface area contributed by atoms with Gasteiger partial charge >= 0.3 is 0 Å². The highest BCUT2D eigenvalue weighted by atomic mass is 32.2. The molecule has 7 nitrogen and oxygen atoms in total. The first kappa shape index (κ1) is 25.5. The number of hydrogen-bond donors (Lipinski definition) is 3. The van der Waals surface area contributed by atoms with Gasteiger partial charge in [0.25, 0.3) is 0 Å². The molecule has 0 heterocycles. The monoisotopic (exact) mass is 468 g/mol. The van der Waals surface area contributed by atoms with Gasteiger partial charge in [0.15, 0.2) is 0 Å². The minimum atomic E-state index is -3.68. The largest absolute Gasteiger partial charge is 0.383 e. The molecule has 0 aliphatic rings. The second kappa shape index (κ2) is 11.8. The van der Waals surface area contributed by atoms with Crippen LogP contribution in [0.5, 0.6) is 0 Å². The van der Waals surface area contributed by atoms with Crippen LogP contribution in [0.2, 0.25) is 0 Å². The Kier molecular flexibility index (Phi) is 9.40. The Morgan fingerprint density at radius 3 is 2.25 bits per heavy atom. The fraction of sp³-hybridized carbons (Fsp3) is 0.409. The fourth-order valence-electron chi connectivity index (χ4n) is 3.06. The Morgan fingerprint density at radius 2 is 1.62 bits per heavy atom. The van der Waals surface area contributed by atoms with Gasteiger partial charge in [-0.3, -0.25) is 4.79 Å². The van der Waals surface area contributed by atoms with Crippen molar-refractivity contribution in [2.75, 3.05) is 42.1 Å². The van der Waals surface area contributed by atoms with Crippen LogP contribution in [0.15, 0.2) is 41.3 Å². The molecule has 3 N–H and O–H groups in total. The number of hydrogen-bond acceptors (Lipinski definition) is 5. The van der Waals surface area contributed by atoms with Gasteiger partial charge in [-0.25, -0.2) is 17.2 Å². The van der Waals surface area contributed by atoms with Crippen LogP contribution < -0.4 is 16.0 Å². The van der Waals surface area contributed by atoms with E-state index in [0.717, 1.165) is 25.0 Å². The number of carbonyl (C=O) groups excluding carboxylic acids is 1. The van der Waals surface area contributed by atoms with E-state index >= 15 is 0 Å². The quantitative estimate of drug-likeness (QED) is 0.405. The summed E-state index contributed by atoms with van der Waals surface area (Å²) in [6.45, 7) is 6.70. The third-order valence-electron chi connectivity index (χ3n) is 4.82. The second-order valence-corrected chi connectivity index (χ2v) is 9.04. The molecule has 0 atom stereocenters. The topological polar surface area (TPSA) is 90.5 Å². The minimum Gasteiger partial charge on any atom is -0.383 e. The summed E-state index contributed by atoms with van der Waals surface area (Å²) >= 11 is 0. The number of benzene rings is 2. The summed E-state index contributed by atoms with van der Waals surface area (Å²) in [6, 6.07) is 7.53. The van der Waals surface area contributed by atoms with Crippen LogP contribution >= 0.6 is 0 Å². The molecule has 0 fully saturated rings. The van der Waals surface area contributed by atoms with Gasteiger partial charge in [-0.15, -0.1) is 0 Å². The van der Waals surface area contributed by atoms with Crippen LogP contribution in [0, 0.1) is 11.6 Å². The van der Waals surface area contributed by atoms with Crippen LogP contribution in [-0.4, -0.2) is 44.8 Å². The first-order chi connectivity index (χ1) is 15.2. The molecular weight excluding hydrogens is 438 g/mol. The maximum absolute atomic E-state index is 13.8. The molecule has 0 saturated carbocycles. The number of halogens is 2. The predicted molar refractivity (Wildman–Crippen MR) is 123 cm³/mol. The van der Waals surface area contributed by atoms with Crippen molar-refractivity contribution in [3.8, 4) is 0 Å². The Balaban J connectivity index is 2.22. The van der Waals surface area contributed by atoms with E-state index in [9.17, 15) is 22.0 Å². The maximum Gasteiger partial charge on any atom is 0.243 e. The van der Waals surface area contributed by atoms with Gasteiger partial charge in [0.2, 0.25) is 15.9 Å². The number of nitrogens with one attached hydrogen (secondary N) is 3. The molecule has 2 rings (SSSR count). The Bertz CT molecular complexity index is 1030. The van der Waals surface area contributed by atoms with Crippen molar-refractivity contribution in [2.24, 2.45) is 0 Å². The molecule has 0 unspecified atom stereocenters. The molecule has 0 aliphatic carbocycles. The molecule has 32 heavy (non-hydrogen) atoms. The fourth-order valence-corrected chi connectivity index (χ4v) is 4.54. The summed E-state index contributed by atoms with van der Waals surface area (Å²) in [5, 5.41) is 8.53. The number of nitrogens with zero attached hydrogens (tertiary/aromatic N) is 1. The summed E-state index contributed by atoms with van der Waals surface area (Å²) in [4.78, 5) is 12.4. The molecule has 0 bridgehead atoms. The van der Waals surface area contributed by atoms with Crippen molar-refractivity contribution >= 4 is 33.0 Å². The average molecular weight is 469 g/mol. The molecule has 0 aliphatic heterocycles. The van der Waals surface area contributed by atoms with Crippen LogP contribution in [0.25, 0.3) is 0 Å². The molecular formula is C22H30F2N4O3S. The molecule has 2 aromatic rings. The molecule has 0 spiro atoms. The van der Waals surface area contributed by atoms with Crippen molar-refractivity contribution in [3.63, 3.8) is 0 Å². The highest BCUT2D eigenvalue weighted by Gasteiger charge is 2.22. The van der Waals surface area contributed by atoms with Gasteiger partial charge < -0.3 is 16.0 Å². The molecule has 1 amide bonds. The van der Waals surface area contributed by atoms with E-state index in [-0.39, 0.29) is 17.1 Å². The van der Waals surface area contributed by atoms with Crippen LogP contribution in [0.4, 0.5) is 25.8 Å². The van der Waals surface area contributed by atoms with E-state index in [0.29, 0.717) is 37.1 Å². The lowest BCUT2D eigenvalue weighted by atomic mass is 10.2. The second-order valence-electron chi connectivity index (χ2n) is 7.10. The third-order valence-corrected chi connectivity index (χ3v) is 6.87. The van der Waals surface area contributed by atoms with Gasteiger partial charge in [-0.2, -0.15) is 4.31 Å². The summed E-state index contributed by atoms with van der Waals surface area (Å²) in [6.07, 6.45) is 1.90. The number of rotatable bonds is 12. The minimum absolute atomic E-state index is 0.106. The summed E-state index contributed by atoms with van der Waals surface area (Å²) in [7, 11) is -3.68. The van der Waals surface area contributed by atoms with Crippen molar-refractivity contribution in [1.29, 1.82) is 0 Å². The molecule has 0 radical (unpaired) electrons. The lowest BCUT2D eigenvalue weighted by Crippen LogP contribution is -2.30. The zero-order valence-electron chi connectivity index (χ0n) is 18.5. The SMILES string of the molecule is CCCCNc1ccc(S(=O)(=O)N(CC)CC)cc1NCC(=O)Nc1ccc(F)cc1F. The number of amides is 1. The number of unbranched alkanes of at least 4 members (excludes halogenated alkanes) is 1. The molecule has 10 heteroatoms. The zero-order chi connectivity index (χ0) is 23.7. The van der Waals surface area contributed by atoms with E-state index in [4.69, 9.17) is 0 Å². The first-order valence-electron chi connectivity index (χ1n) is 10.6. The first-order valence-corrected chi connectivity index (χ1v) is 12.0. The summed E-state index contributed by atoms with van der Waals surface area (Å²) < 4.78 is 54.0. The number of sulfonamides is 1.